The minimum Gasteiger partial charge on any atom is -0.462 e. The van der Waals surface area contributed by atoms with Gasteiger partial charge in [-0.2, -0.15) is 0 Å². The summed E-state index contributed by atoms with van der Waals surface area (Å²) in [6.45, 7) is 8.23. The molecule has 0 unspecified atom stereocenters. The number of ether oxygens (including phenoxy) is 1. The van der Waals surface area contributed by atoms with E-state index in [1.165, 1.54) is 23.1 Å². The van der Waals surface area contributed by atoms with Gasteiger partial charge in [0.1, 0.15) is 5.00 Å². The molecule has 0 atom stereocenters. The van der Waals surface area contributed by atoms with Crippen molar-refractivity contribution in [1.82, 2.24) is 14.8 Å². The van der Waals surface area contributed by atoms with Gasteiger partial charge in [-0.15, -0.1) is 28.1 Å². The Morgan fingerprint density at radius 1 is 1.24 bits per heavy atom. The maximum Gasteiger partial charge on any atom is 0.341 e. The third-order valence-electron chi connectivity index (χ3n) is 4.42. The zero-order valence-electron chi connectivity index (χ0n) is 18.1. The number of aromatic nitrogens is 3. The van der Waals surface area contributed by atoms with E-state index in [4.69, 9.17) is 27.9 Å². The number of thioether (sulfide) groups is 1. The molecule has 0 spiro atoms. The number of nitrogens with zero attached hydrogens (tertiary/aromatic N) is 3. The van der Waals surface area contributed by atoms with Gasteiger partial charge < -0.3 is 10.1 Å². The Labute approximate surface area is 210 Å². The largest absolute Gasteiger partial charge is 0.462 e. The van der Waals surface area contributed by atoms with E-state index in [0.717, 1.165) is 16.9 Å². The van der Waals surface area contributed by atoms with Crippen molar-refractivity contribution in [3.05, 3.63) is 57.4 Å². The first-order valence-electron chi connectivity index (χ1n) is 10.1. The van der Waals surface area contributed by atoms with Gasteiger partial charge in [0, 0.05) is 17.0 Å². The zero-order valence-corrected chi connectivity index (χ0v) is 21.2. The van der Waals surface area contributed by atoms with E-state index in [2.05, 4.69) is 22.1 Å². The summed E-state index contributed by atoms with van der Waals surface area (Å²) in [6, 6.07) is 6.97. The molecule has 0 saturated heterocycles. The van der Waals surface area contributed by atoms with Crippen LogP contribution >= 0.6 is 46.3 Å². The van der Waals surface area contributed by atoms with E-state index in [-0.39, 0.29) is 18.3 Å². The van der Waals surface area contributed by atoms with Crippen LogP contribution < -0.4 is 5.32 Å². The van der Waals surface area contributed by atoms with E-state index in [9.17, 15) is 9.59 Å². The number of carbonyl (C=O) groups is 2. The maximum absolute atomic E-state index is 12.7. The fraction of sp³-hybridized carbons (Fsp3) is 0.273. The Bertz CT molecular complexity index is 1180. The smallest absolute Gasteiger partial charge is 0.341 e. The lowest BCUT2D eigenvalue weighted by Crippen LogP contribution is -2.16. The number of amides is 1. The second-order valence-corrected chi connectivity index (χ2v) is 9.59. The lowest BCUT2D eigenvalue weighted by Gasteiger charge is -2.09. The van der Waals surface area contributed by atoms with Crippen molar-refractivity contribution in [2.45, 2.75) is 32.0 Å². The highest BCUT2D eigenvalue weighted by molar-refractivity contribution is 7.99. The summed E-state index contributed by atoms with van der Waals surface area (Å²) in [5.41, 5.74) is 1.12. The normalized spacial score (nSPS) is 10.8. The standard InChI is InChI=1S/C22H22Cl2N4O3S2/c1-4-9-28-19(13-7-8-16(23)17(24)10-13)26-27-22(28)32-12-18(29)25-20-15(21(30)31-6-3)11-14(5-2)33-20/h4,7-8,10-11H,1,5-6,9,12H2,2-3H3,(H,25,29). The number of halogens is 2. The first-order valence-corrected chi connectivity index (χ1v) is 12.7. The van der Waals surface area contributed by atoms with Gasteiger partial charge in [0.25, 0.3) is 0 Å². The summed E-state index contributed by atoms with van der Waals surface area (Å²) in [4.78, 5) is 25.9. The van der Waals surface area contributed by atoms with Crippen LogP contribution in [0.15, 0.2) is 42.1 Å². The minimum atomic E-state index is -0.451. The number of anilines is 1. The van der Waals surface area contributed by atoms with Crippen LogP contribution in [-0.2, 0) is 22.5 Å². The van der Waals surface area contributed by atoms with Crippen LogP contribution in [0, 0.1) is 0 Å². The van der Waals surface area contributed by atoms with Crippen molar-refractivity contribution in [2.75, 3.05) is 17.7 Å². The van der Waals surface area contributed by atoms with Gasteiger partial charge in [0.05, 0.1) is 28.0 Å². The Balaban J connectivity index is 1.75. The highest BCUT2D eigenvalue weighted by atomic mass is 35.5. The molecule has 0 aliphatic heterocycles. The molecule has 0 saturated carbocycles. The summed E-state index contributed by atoms with van der Waals surface area (Å²) in [5.74, 6) is -0.0438. The lowest BCUT2D eigenvalue weighted by molar-refractivity contribution is -0.113. The summed E-state index contributed by atoms with van der Waals surface area (Å²) in [7, 11) is 0. The Kier molecular flexibility index (Phi) is 8.96. The molecule has 0 aliphatic rings. The van der Waals surface area contributed by atoms with Crippen LogP contribution in [0.3, 0.4) is 0 Å². The molecule has 0 bridgehead atoms. The number of allylic oxidation sites excluding steroid dienone is 1. The maximum atomic E-state index is 12.7. The monoisotopic (exact) mass is 524 g/mol. The summed E-state index contributed by atoms with van der Waals surface area (Å²) >= 11 is 14.8. The Morgan fingerprint density at radius 2 is 2.03 bits per heavy atom. The fourth-order valence-electron chi connectivity index (χ4n) is 2.90. The van der Waals surface area contributed by atoms with Crippen molar-refractivity contribution >= 4 is 63.2 Å². The number of rotatable bonds is 10. The average Bonchev–Trinajstić information content (AvgIpc) is 3.38. The van der Waals surface area contributed by atoms with E-state index in [1.54, 1.807) is 37.3 Å². The van der Waals surface area contributed by atoms with Gasteiger partial charge in [0.2, 0.25) is 5.91 Å². The predicted octanol–water partition coefficient (Wildman–Crippen LogP) is 5.97. The molecule has 3 aromatic rings. The van der Waals surface area contributed by atoms with Gasteiger partial charge in [-0.3, -0.25) is 9.36 Å². The number of carbonyl (C=O) groups excluding carboxylic acids is 2. The van der Waals surface area contributed by atoms with Gasteiger partial charge in [-0.1, -0.05) is 48.0 Å². The van der Waals surface area contributed by atoms with Crippen LogP contribution in [0.5, 0.6) is 0 Å². The van der Waals surface area contributed by atoms with Gasteiger partial charge in [-0.05, 0) is 37.6 Å². The molecule has 0 fully saturated rings. The van der Waals surface area contributed by atoms with Gasteiger partial charge in [-0.25, -0.2) is 4.79 Å². The highest BCUT2D eigenvalue weighted by Crippen LogP contribution is 2.31. The summed E-state index contributed by atoms with van der Waals surface area (Å²) < 4.78 is 6.95. The highest BCUT2D eigenvalue weighted by Gasteiger charge is 2.20. The number of aryl methyl sites for hydroxylation is 1. The van der Waals surface area contributed by atoms with E-state index in [0.29, 0.717) is 38.1 Å². The number of nitrogens with one attached hydrogen (secondary N) is 1. The molecular weight excluding hydrogens is 503 g/mol. The second-order valence-electron chi connectivity index (χ2n) is 6.70. The zero-order chi connectivity index (χ0) is 24.0. The topological polar surface area (TPSA) is 86.1 Å². The third kappa shape index (κ3) is 6.17. The lowest BCUT2D eigenvalue weighted by atomic mass is 10.2. The second kappa shape index (κ2) is 11.7. The van der Waals surface area contributed by atoms with Gasteiger partial charge >= 0.3 is 5.97 Å². The quantitative estimate of drug-likeness (QED) is 0.199. The van der Waals surface area contributed by atoms with Crippen molar-refractivity contribution in [1.29, 1.82) is 0 Å². The summed E-state index contributed by atoms with van der Waals surface area (Å²) in [6.07, 6.45) is 2.47. The molecule has 1 N–H and O–H groups in total. The average molecular weight is 525 g/mol. The number of benzene rings is 1. The van der Waals surface area contributed by atoms with Crippen LogP contribution in [0.1, 0.15) is 29.1 Å². The first-order chi connectivity index (χ1) is 15.9. The number of esters is 1. The molecule has 33 heavy (non-hydrogen) atoms. The summed E-state index contributed by atoms with van der Waals surface area (Å²) in [5, 5.41) is 13.2. The molecule has 2 aromatic heterocycles. The molecule has 174 valence electrons. The molecule has 0 aliphatic carbocycles. The van der Waals surface area contributed by atoms with Crippen LogP contribution in [0.25, 0.3) is 11.4 Å². The molecule has 1 amide bonds. The van der Waals surface area contributed by atoms with Crippen molar-refractivity contribution < 1.29 is 14.3 Å². The molecule has 1 aromatic carbocycles. The number of hydrogen-bond donors (Lipinski definition) is 1. The van der Waals surface area contributed by atoms with Crippen molar-refractivity contribution in [3.63, 3.8) is 0 Å². The van der Waals surface area contributed by atoms with E-state index < -0.39 is 5.97 Å². The third-order valence-corrected chi connectivity index (χ3v) is 7.32. The van der Waals surface area contributed by atoms with Crippen molar-refractivity contribution in [2.24, 2.45) is 0 Å². The molecular formula is C22H22Cl2N4O3S2. The Hall–Kier alpha value is -2.33. The molecule has 0 radical (unpaired) electrons. The molecule has 11 heteroatoms. The first kappa shape index (κ1) is 25.3. The fourth-order valence-corrected chi connectivity index (χ4v) is 4.95. The van der Waals surface area contributed by atoms with Crippen LogP contribution in [0.4, 0.5) is 5.00 Å². The predicted molar refractivity (Wildman–Crippen MR) is 135 cm³/mol. The minimum absolute atomic E-state index is 0.0816. The Morgan fingerprint density at radius 3 is 2.70 bits per heavy atom. The molecule has 7 nitrogen and oxygen atoms in total. The van der Waals surface area contributed by atoms with Crippen molar-refractivity contribution in [3.8, 4) is 11.4 Å². The van der Waals surface area contributed by atoms with E-state index in [1.807, 2.05) is 11.5 Å². The van der Waals surface area contributed by atoms with E-state index >= 15 is 0 Å². The molecule has 2 heterocycles. The number of thiophene rings is 1. The van der Waals surface area contributed by atoms with Crippen LogP contribution in [0.2, 0.25) is 10.0 Å². The SMILES string of the molecule is C=CCn1c(SCC(=O)Nc2sc(CC)cc2C(=O)OCC)nnc1-c1ccc(Cl)c(Cl)c1. The van der Waals surface area contributed by atoms with Gasteiger partial charge in [0.15, 0.2) is 11.0 Å². The van der Waals surface area contributed by atoms with Crippen LogP contribution in [-0.4, -0.2) is 39.0 Å². The molecule has 3 rings (SSSR count). The number of hydrogen-bond acceptors (Lipinski definition) is 7.